The van der Waals surface area contributed by atoms with E-state index in [1.54, 1.807) is 12.4 Å². The van der Waals surface area contributed by atoms with Crippen molar-refractivity contribution in [1.82, 2.24) is 15.3 Å². The van der Waals surface area contributed by atoms with Gasteiger partial charge in [0, 0.05) is 23.8 Å². The lowest BCUT2D eigenvalue weighted by Crippen LogP contribution is -2.35. The molecular formula is C17H22N4O2S2. The molecule has 2 aromatic rings. The summed E-state index contributed by atoms with van der Waals surface area (Å²) in [4.78, 5) is 33.1. The maximum absolute atomic E-state index is 12.6. The van der Waals surface area contributed by atoms with Crippen molar-refractivity contribution in [2.24, 2.45) is 11.7 Å². The Labute approximate surface area is 155 Å². The summed E-state index contributed by atoms with van der Waals surface area (Å²) in [5.74, 6) is -0.270. The number of rotatable bonds is 8. The van der Waals surface area contributed by atoms with E-state index in [-0.39, 0.29) is 29.4 Å². The van der Waals surface area contributed by atoms with Gasteiger partial charge in [0.25, 0.3) is 0 Å². The van der Waals surface area contributed by atoms with Crippen LogP contribution in [0.5, 0.6) is 0 Å². The predicted molar refractivity (Wildman–Crippen MR) is 100 cm³/mol. The second kappa shape index (κ2) is 8.96. The minimum Gasteiger partial charge on any atom is -0.369 e. The lowest BCUT2D eigenvalue weighted by Gasteiger charge is -2.18. The first kappa shape index (κ1) is 19.4. The SMILES string of the molecule is Cc1nc(SC(C(=O)NCc2cccnc2)C(C)C)sc1CC(N)=O. The number of aryl methyl sites for hydroxylation is 1. The van der Waals surface area contributed by atoms with Gasteiger partial charge >= 0.3 is 0 Å². The fraction of sp³-hybridized carbons (Fsp3) is 0.412. The molecule has 2 amide bonds. The number of aromatic nitrogens is 2. The molecule has 134 valence electrons. The Morgan fingerprint density at radius 2 is 2.16 bits per heavy atom. The number of hydrogen-bond acceptors (Lipinski definition) is 6. The van der Waals surface area contributed by atoms with Crippen molar-refractivity contribution in [2.75, 3.05) is 0 Å². The summed E-state index contributed by atoms with van der Waals surface area (Å²) in [6.07, 6.45) is 3.62. The van der Waals surface area contributed by atoms with Gasteiger partial charge in [0.2, 0.25) is 11.8 Å². The first-order valence-corrected chi connectivity index (χ1v) is 9.64. The molecule has 2 rings (SSSR count). The minimum atomic E-state index is -0.377. The monoisotopic (exact) mass is 378 g/mol. The molecule has 0 aliphatic carbocycles. The number of primary amides is 1. The normalized spacial score (nSPS) is 12.2. The average Bonchev–Trinajstić information content (AvgIpc) is 2.90. The smallest absolute Gasteiger partial charge is 0.234 e. The number of pyridine rings is 1. The van der Waals surface area contributed by atoms with Crippen LogP contribution in [0.4, 0.5) is 0 Å². The molecule has 1 unspecified atom stereocenters. The van der Waals surface area contributed by atoms with E-state index in [0.717, 1.165) is 20.5 Å². The third kappa shape index (κ3) is 5.82. The summed E-state index contributed by atoms with van der Waals surface area (Å²) in [5, 5.41) is 2.70. The number of hydrogen-bond donors (Lipinski definition) is 2. The van der Waals surface area contributed by atoms with Gasteiger partial charge in [-0.2, -0.15) is 0 Å². The molecule has 0 bridgehead atoms. The number of nitrogens with one attached hydrogen (secondary N) is 1. The van der Waals surface area contributed by atoms with Gasteiger partial charge in [-0.3, -0.25) is 14.6 Å². The highest BCUT2D eigenvalue weighted by molar-refractivity contribution is 8.02. The van der Waals surface area contributed by atoms with Crippen LogP contribution in [0.1, 0.15) is 30.0 Å². The topological polar surface area (TPSA) is 98.0 Å². The number of carbonyl (C=O) groups is 2. The lowest BCUT2D eigenvalue weighted by atomic mass is 10.1. The van der Waals surface area contributed by atoms with Crippen LogP contribution in [-0.4, -0.2) is 27.0 Å². The van der Waals surface area contributed by atoms with Crippen LogP contribution in [0.3, 0.4) is 0 Å². The van der Waals surface area contributed by atoms with Gasteiger partial charge in [-0.15, -0.1) is 11.3 Å². The average molecular weight is 379 g/mol. The summed E-state index contributed by atoms with van der Waals surface area (Å²) < 4.78 is 0.781. The Hall–Kier alpha value is -1.93. The Morgan fingerprint density at radius 1 is 1.40 bits per heavy atom. The van der Waals surface area contributed by atoms with Gasteiger partial charge in [0.15, 0.2) is 4.34 Å². The molecule has 25 heavy (non-hydrogen) atoms. The van der Waals surface area contributed by atoms with Crippen LogP contribution < -0.4 is 11.1 Å². The van der Waals surface area contributed by atoms with Gasteiger partial charge in [0.1, 0.15) is 0 Å². The predicted octanol–water partition coefficient (Wildman–Crippen LogP) is 2.31. The van der Waals surface area contributed by atoms with E-state index in [4.69, 9.17) is 5.73 Å². The molecule has 0 spiro atoms. The lowest BCUT2D eigenvalue weighted by molar-refractivity contribution is -0.121. The van der Waals surface area contributed by atoms with Crippen molar-refractivity contribution in [2.45, 2.75) is 43.3 Å². The second-order valence-electron chi connectivity index (χ2n) is 5.99. The molecule has 3 N–H and O–H groups in total. The number of nitrogens with zero attached hydrogens (tertiary/aromatic N) is 2. The van der Waals surface area contributed by atoms with Gasteiger partial charge in [-0.25, -0.2) is 4.98 Å². The Morgan fingerprint density at radius 3 is 2.76 bits per heavy atom. The van der Waals surface area contributed by atoms with Crippen molar-refractivity contribution >= 4 is 34.9 Å². The van der Waals surface area contributed by atoms with Crippen LogP contribution >= 0.6 is 23.1 Å². The van der Waals surface area contributed by atoms with Crippen LogP contribution in [0, 0.1) is 12.8 Å². The zero-order valence-electron chi connectivity index (χ0n) is 14.5. The van der Waals surface area contributed by atoms with Crippen molar-refractivity contribution in [1.29, 1.82) is 0 Å². The molecule has 6 nitrogen and oxygen atoms in total. The zero-order chi connectivity index (χ0) is 18.4. The molecule has 1 atom stereocenters. The first-order valence-electron chi connectivity index (χ1n) is 7.94. The highest BCUT2D eigenvalue weighted by Crippen LogP contribution is 2.33. The van der Waals surface area contributed by atoms with Crippen LogP contribution in [0.15, 0.2) is 28.9 Å². The van der Waals surface area contributed by atoms with E-state index in [1.165, 1.54) is 23.1 Å². The van der Waals surface area contributed by atoms with Gasteiger partial charge in [-0.1, -0.05) is 31.7 Å². The fourth-order valence-corrected chi connectivity index (χ4v) is 4.64. The Balaban J connectivity index is 2.02. The van der Waals surface area contributed by atoms with E-state index in [0.29, 0.717) is 6.54 Å². The van der Waals surface area contributed by atoms with E-state index in [1.807, 2.05) is 32.9 Å². The number of carbonyl (C=O) groups excluding carboxylic acids is 2. The zero-order valence-corrected chi connectivity index (χ0v) is 16.1. The van der Waals surface area contributed by atoms with Gasteiger partial charge in [0.05, 0.1) is 17.4 Å². The quantitative estimate of drug-likeness (QED) is 0.687. The van der Waals surface area contributed by atoms with Crippen molar-refractivity contribution in [3.8, 4) is 0 Å². The van der Waals surface area contributed by atoms with Crippen LogP contribution in [-0.2, 0) is 22.6 Å². The summed E-state index contributed by atoms with van der Waals surface area (Å²) >= 11 is 2.86. The standard InChI is InChI=1S/C17H22N4O2S2/c1-10(2)15(16(23)20-9-12-5-4-6-19-8-12)25-17-21-11(3)13(24-17)7-14(18)22/h4-6,8,10,15H,7,9H2,1-3H3,(H2,18,22)(H,20,23). The molecule has 0 radical (unpaired) electrons. The molecule has 0 aliphatic rings. The summed E-state index contributed by atoms with van der Waals surface area (Å²) in [6, 6.07) is 3.76. The number of thiazole rings is 1. The van der Waals surface area contributed by atoms with Crippen LogP contribution in [0.25, 0.3) is 0 Å². The maximum atomic E-state index is 12.6. The molecule has 0 aliphatic heterocycles. The summed E-state index contributed by atoms with van der Waals surface area (Å²) in [6.45, 7) is 6.31. The molecule has 8 heteroatoms. The Kier molecular flexibility index (Phi) is 6.95. The van der Waals surface area contributed by atoms with Crippen molar-refractivity contribution < 1.29 is 9.59 Å². The highest BCUT2D eigenvalue weighted by atomic mass is 32.2. The van der Waals surface area contributed by atoms with Gasteiger partial charge < -0.3 is 11.1 Å². The number of nitrogens with two attached hydrogens (primary N) is 1. The fourth-order valence-electron chi connectivity index (χ4n) is 2.17. The number of amides is 2. The number of thioether (sulfide) groups is 1. The Bertz CT molecular complexity index is 732. The van der Waals surface area contributed by atoms with Gasteiger partial charge in [-0.05, 0) is 24.5 Å². The first-order chi connectivity index (χ1) is 11.9. The van der Waals surface area contributed by atoms with Crippen molar-refractivity contribution in [3.05, 3.63) is 40.7 Å². The summed E-state index contributed by atoms with van der Waals surface area (Å²) in [7, 11) is 0. The molecule has 0 saturated carbocycles. The third-order valence-corrected chi connectivity index (χ3v) is 6.29. The highest BCUT2D eigenvalue weighted by Gasteiger charge is 2.25. The molecular weight excluding hydrogens is 356 g/mol. The molecule has 0 fully saturated rings. The summed E-state index contributed by atoms with van der Waals surface area (Å²) in [5.41, 5.74) is 7.01. The molecule has 2 heterocycles. The van der Waals surface area contributed by atoms with E-state index >= 15 is 0 Å². The van der Waals surface area contributed by atoms with E-state index in [9.17, 15) is 9.59 Å². The maximum Gasteiger partial charge on any atom is 0.234 e. The molecule has 0 aromatic carbocycles. The third-order valence-electron chi connectivity index (χ3n) is 3.49. The largest absolute Gasteiger partial charge is 0.369 e. The second-order valence-corrected chi connectivity index (χ2v) is 8.47. The molecule has 2 aromatic heterocycles. The molecule has 0 saturated heterocycles. The van der Waals surface area contributed by atoms with Crippen LogP contribution in [0.2, 0.25) is 0 Å². The minimum absolute atomic E-state index is 0.0341. The van der Waals surface area contributed by atoms with Crippen molar-refractivity contribution in [3.63, 3.8) is 0 Å². The van der Waals surface area contributed by atoms with E-state index in [2.05, 4.69) is 15.3 Å². The van der Waals surface area contributed by atoms with E-state index < -0.39 is 0 Å².